The zero-order valence-corrected chi connectivity index (χ0v) is 13.0. The van der Waals surface area contributed by atoms with Crippen molar-refractivity contribution in [2.45, 2.75) is 18.9 Å². The van der Waals surface area contributed by atoms with Crippen LogP contribution in [-0.2, 0) is 24.2 Å². The number of methoxy groups -OCH3 is 1. The van der Waals surface area contributed by atoms with Crippen LogP contribution in [0.15, 0.2) is 0 Å². The van der Waals surface area contributed by atoms with Gasteiger partial charge in [-0.05, 0) is 6.42 Å². The highest BCUT2D eigenvalue weighted by molar-refractivity contribution is 7.90. The topological polar surface area (TPSA) is 130 Å². The van der Waals surface area contributed by atoms with Gasteiger partial charge in [0.2, 0.25) is 0 Å². The van der Waals surface area contributed by atoms with Gasteiger partial charge in [-0.15, -0.1) is 0 Å². The van der Waals surface area contributed by atoms with Gasteiger partial charge in [0.1, 0.15) is 15.9 Å². The second kappa shape index (κ2) is 8.45. The van der Waals surface area contributed by atoms with Crippen molar-refractivity contribution >= 4 is 27.8 Å². The molecule has 0 fully saturated rings. The first kappa shape index (κ1) is 19.2. The molecule has 0 aliphatic heterocycles. The van der Waals surface area contributed by atoms with E-state index in [1.165, 1.54) is 14.2 Å². The van der Waals surface area contributed by atoms with Gasteiger partial charge in [0.05, 0.1) is 12.9 Å². The fourth-order valence-corrected chi connectivity index (χ4v) is 1.89. The van der Waals surface area contributed by atoms with E-state index in [0.29, 0.717) is 0 Å². The van der Waals surface area contributed by atoms with Gasteiger partial charge in [-0.3, -0.25) is 4.79 Å². The highest BCUT2D eigenvalue weighted by Gasteiger charge is 2.23. The molecule has 0 unspecified atom stereocenters. The number of amides is 2. The SMILES string of the molecule is COC(=O)CC[C@H](NC(=O)N(C)CCS(C)(=O)=O)C(=O)O. The number of rotatable bonds is 8. The van der Waals surface area contributed by atoms with E-state index in [1.807, 2.05) is 0 Å². The number of nitrogens with one attached hydrogen (secondary N) is 1. The Morgan fingerprint density at radius 3 is 2.33 bits per heavy atom. The Bertz CT molecular complexity index is 489. The van der Waals surface area contributed by atoms with Crippen molar-refractivity contribution in [1.82, 2.24) is 10.2 Å². The monoisotopic (exact) mass is 324 g/mol. The molecule has 0 rings (SSSR count). The van der Waals surface area contributed by atoms with Crippen molar-refractivity contribution in [2.24, 2.45) is 0 Å². The molecule has 0 aromatic rings. The molecule has 0 aromatic heterocycles. The molecule has 0 aromatic carbocycles. The number of carbonyl (C=O) groups excluding carboxylic acids is 2. The average molecular weight is 324 g/mol. The maximum Gasteiger partial charge on any atom is 0.326 e. The Kier molecular flexibility index (Phi) is 7.71. The molecule has 0 heterocycles. The molecule has 1 atom stereocenters. The standard InChI is InChI=1S/C11H20N2O7S/c1-13(6-7-21(3,18)19)11(17)12-8(10(15)16)4-5-9(14)20-2/h8H,4-7H2,1-3H3,(H,12,17)(H,15,16)/t8-/m0/s1. The van der Waals surface area contributed by atoms with Gasteiger partial charge in [0.25, 0.3) is 0 Å². The summed E-state index contributed by atoms with van der Waals surface area (Å²) >= 11 is 0. The smallest absolute Gasteiger partial charge is 0.326 e. The molecule has 2 amide bonds. The summed E-state index contributed by atoms with van der Waals surface area (Å²) in [5.41, 5.74) is 0. The number of sulfone groups is 1. The van der Waals surface area contributed by atoms with E-state index in [4.69, 9.17) is 5.11 Å². The van der Waals surface area contributed by atoms with Crippen LogP contribution in [-0.4, -0.2) is 75.1 Å². The Hall–Kier alpha value is -1.84. The highest BCUT2D eigenvalue weighted by Crippen LogP contribution is 2.01. The number of carboxylic acid groups (broad SMARTS) is 1. The van der Waals surface area contributed by atoms with Gasteiger partial charge in [-0.2, -0.15) is 0 Å². The van der Waals surface area contributed by atoms with Crippen LogP contribution < -0.4 is 5.32 Å². The first-order chi connectivity index (χ1) is 9.56. The van der Waals surface area contributed by atoms with Crippen LogP contribution in [0.2, 0.25) is 0 Å². The van der Waals surface area contributed by atoms with Crippen LogP contribution in [0, 0.1) is 0 Å². The number of ether oxygens (including phenoxy) is 1. The lowest BCUT2D eigenvalue weighted by Gasteiger charge is -2.20. The minimum absolute atomic E-state index is 0.0615. The number of carbonyl (C=O) groups is 3. The zero-order chi connectivity index (χ0) is 16.6. The van der Waals surface area contributed by atoms with E-state index >= 15 is 0 Å². The fraction of sp³-hybridized carbons (Fsp3) is 0.727. The van der Waals surface area contributed by atoms with E-state index in [1.54, 1.807) is 0 Å². The summed E-state index contributed by atoms with van der Waals surface area (Å²) in [5, 5.41) is 11.2. The molecule has 122 valence electrons. The third kappa shape index (κ3) is 8.84. The lowest BCUT2D eigenvalue weighted by atomic mass is 10.1. The van der Waals surface area contributed by atoms with Crippen molar-refractivity contribution in [2.75, 3.05) is 32.7 Å². The van der Waals surface area contributed by atoms with Gasteiger partial charge >= 0.3 is 18.0 Å². The molecule has 0 saturated heterocycles. The third-order valence-electron chi connectivity index (χ3n) is 2.60. The van der Waals surface area contributed by atoms with E-state index < -0.39 is 33.8 Å². The lowest BCUT2D eigenvalue weighted by molar-refractivity contribution is -0.142. The van der Waals surface area contributed by atoms with Crippen LogP contribution in [0.4, 0.5) is 4.79 Å². The summed E-state index contributed by atoms with van der Waals surface area (Å²) in [6, 6.07) is -1.98. The van der Waals surface area contributed by atoms with Gasteiger partial charge < -0.3 is 20.1 Å². The minimum atomic E-state index is -3.22. The quantitative estimate of drug-likeness (QED) is 0.552. The van der Waals surface area contributed by atoms with E-state index in [0.717, 1.165) is 11.2 Å². The van der Waals surface area contributed by atoms with Crippen LogP contribution in [0.25, 0.3) is 0 Å². The molecule has 0 aliphatic rings. The molecule has 0 spiro atoms. The number of hydrogen-bond donors (Lipinski definition) is 2. The number of esters is 1. The number of urea groups is 1. The predicted molar refractivity (Wildman–Crippen MR) is 73.5 cm³/mol. The molecular formula is C11H20N2O7S. The van der Waals surface area contributed by atoms with E-state index in [2.05, 4.69) is 10.1 Å². The number of hydrogen-bond acceptors (Lipinski definition) is 6. The summed E-state index contributed by atoms with van der Waals surface area (Å²) in [7, 11) is -0.698. The fourth-order valence-electron chi connectivity index (χ4n) is 1.29. The van der Waals surface area contributed by atoms with Crippen LogP contribution in [0.5, 0.6) is 0 Å². The lowest BCUT2D eigenvalue weighted by Crippen LogP contribution is -2.47. The normalized spacial score (nSPS) is 12.3. The second-order valence-electron chi connectivity index (χ2n) is 4.51. The Morgan fingerprint density at radius 1 is 1.33 bits per heavy atom. The van der Waals surface area contributed by atoms with Crippen molar-refractivity contribution in [3.8, 4) is 0 Å². The largest absolute Gasteiger partial charge is 0.480 e. The molecule has 9 nitrogen and oxygen atoms in total. The van der Waals surface area contributed by atoms with Crippen molar-refractivity contribution < 1.29 is 32.6 Å². The molecule has 0 radical (unpaired) electrons. The Labute approximate surface area is 123 Å². The van der Waals surface area contributed by atoms with Crippen LogP contribution in [0.1, 0.15) is 12.8 Å². The second-order valence-corrected chi connectivity index (χ2v) is 6.77. The molecule has 0 bridgehead atoms. The van der Waals surface area contributed by atoms with E-state index in [9.17, 15) is 22.8 Å². The van der Waals surface area contributed by atoms with Crippen molar-refractivity contribution in [1.29, 1.82) is 0 Å². The zero-order valence-electron chi connectivity index (χ0n) is 12.2. The highest BCUT2D eigenvalue weighted by atomic mass is 32.2. The third-order valence-corrected chi connectivity index (χ3v) is 3.53. The number of carboxylic acids is 1. The molecule has 2 N–H and O–H groups in total. The Morgan fingerprint density at radius 2 is 1.90 bits per heavy atom. The molecular weight excluding hydrogens is 304 g/mol. The molecule has 0 saturated carbocycles. The predicted octanol–water partition coefficient (Wildman–Crippen LogP) is -0.921. The van der Waals surface area contributed by atoms with E-state index in [-0.39, 0.29) is 25.1 Å². The van der Waals surface area contributed by atoms with Crippen molar-refractivity contribution in [3.05, 3.63) is 0 Å². The van der Waals surface area contributed by atoms with Gasteiger partial charge in [0.15, 0.2) is 0 Å². The van der Waals surface area contributed by atoms with Crippen molar-refractivity contribution in [3.63, 3.8) is 0 Å². The number of nitrogens with zero attached hydrogens (tertiary/aromatic N) is 1. The first-order valence-electron chi connectivity index (χ1n) is 6.05. The molecule has 10 heteroatoms. The maximum absolute atomic E-state index is 11.7. The van der Waals surface area contributed by atoms with Crippen LogP contribution >= 0.6 is 0 Å². The summed E-state index contributed by atoms with van der Waals surface area (Å²) in [6.45, 7) is -0.0615. The molecule has 0 aliphatic carbocycles. The Balaban J connectivity index is 4.46. The summed E-state index contributed by atoms with van der Waals surface area (Å²) < 4.78 is 26.4. The number of aliphatic carboxylic acids is 1. The maximum atomic E-state index is 11.7. The molecule has 21 heavy (non-hydrogen) atoms. The summed E-state index contributed by atoms with van der Waals surface area (Å²) in [4.78, 5) is 34.8. The van der Waals surface area contributed by atoms with Gasteiger partial charge in [-0.1, -0.05) is 0 Å². The van der Waals surface area contributed by atoms with Gasteiger partial charge in [-0.25, -0.2) is 18.0 Å². The minimum Gasteiger partial charge on any atom is -0.480 e. The summed E-state index contributed by atoms with van der Waals surface area (Å²) in [6.07, 6.45) is 0.767. The van der Waals surface area contributed by atoms with Crippen LogP contribution in [0.3, 0.4) is 0 Å². The summed E-state index contributed by atoms with van der Waals surface area (Å²) in [5.74, 6) is -2.10. The average Bonchev–Trinajstić information content (AvgIpc) is 2.38. The van der Waals surface area contributed by atoms with Gasteiger partial charge in [0, 0.05) is 26.3 Å². The first-order valence-corrected chi connectivity index (χ1v) is 8.12.